The highest BCUT2D eigenvalue weighted by molar-refractivity contribution is 6.40. The van der Waals surface area contributed by atoms with Crippen molar-refractivity contribution in [1.29, 1.82) is 0 Å². The predicted molar refractivity (Wildman–Crippen MR) is 79.3 cm³/mol. The molecular formula is C13H14Cl2N2O4. The first-order valence-electron chi connectivity index (χ1n) is 6.35. The number of carboxylic acids is 1. The number of carboxylic acid groups (broad SMARTS) is 1. The Morgan fingerprint density at radius 3 is 2.43 bits per heavy atom. The van der Waals surface area contributed by atoms with Crippen LogP contribution in [-0.2, 0) is 0 Å². The molecule has 1 heterocycles. The molecule has 2 rings (SSSR count). The first-order chi connectivity index (χ1) is 9.88. The van der Waals surface area contributed by atoms with Crippen LogP contribution in [0.4, 0.5) is 10.5 Å². The lowest BCUT2D eigenvalue weighted by Gasteiger charge is -2.30. The van der Waals surface area contributed by atoms with Crippen molar-refractivity contribution in [2.45, 2.75) is 18.9 Å². The Kier molecular flexibility index (Phi) is 4.92. The van der Waals surface area contributed by atoms with Gasteiger partial charge in [-0.1, -0.05) is 23.2 Å². The Hall–Kier alpha value is -1.50. The normalized spacial score (nSPS) is 18.4. The van der Waals surface area contributed by atoms with E-state index in [0.717, 1.165) is 0 Å². The van der Waals surface area contributed by atoms with Crippen LogP contribution in [0.2, 0.25) is 10.0 Å². The predicted octanol–water partition coefficient (Wildman–Crippen LogP) is 2.68. The van der Waals surface area contributed by atoms with Crippen molar-refractivity contribution >= 4 is 40.9 Å². The zero-order valence-electron chi connectivity index (χ0n) is 11.0. The lowest BCUT2D eigenvalue weighted by atomic mass is 10.1. The van der Waals surface area contributed by atoms with Gasteiger partial charge in [-0.25, -0.2) is 9.59 Å². The second kappa shape index (κ2) is 6.51. The molecule has 114 valence electrons. The van der Waals surface area contributed by atoms with Gasteiger partial charge in [0.15, 0.2) is 0 Å². The van der Waals surface area contributed by atoms with Crippen molar-refractivity contribution < 1.29 is 19.8 Å². The summed E-state index contributed by atoms with van der Waals surface area (Å²) in [6.07, 6.45) is 0.844. The van der Waals surface area contributed by atoms with Gasteiger partial charge in [0.1, 0.15) is 0 Å². The maximum Gasteiger partial charge on any atom is 0.335 e. The summed E-state index contributed by atoms with van der Waals surface area (Å²) in [4.78, 5) is 24.5. The lowest BCUT2D eigenvalue weighted by molar-refractivity contribution is 0.0697. The molecule has 1 unspecified atom stereocenters. The van der Waals surface area contributed by atoms with Gasteiger partial charge < -0.3 is 20.4 Å². The van der Waals surface area contributed by atoms with E-state index in [1.807, 2.05) is 0 Å². The van der Waals surface area contributed by atoms with E-state index in [2.05, 4.69) is 5.32 Å². The highest BCUT2D eigenvalue weighted by Gasteiger charge is 2.23. The van der Waals surface area contributed by atoms with Gasteiger partial charge in [0.25, 0.3) is 0 Å². The van der Waals surface area contributed by atoms with Crippen molar-refractivity contribution in [2.24, 2.45) is 0 Å². The van der Waals surface area contributed by atoms with Gasteiger partial charge in [0.2, 0.25) is 0 Å². The number of aliphatic hydroxyl groups is 1. The topological polar surface area (TPSA) is 89.9 Å². The maximum absolute atomic E-state index is 12.1. The van der Waals surface area contributed by atoms with Gasteiger partial charge in [-0.15, -0.1) is 0 Å². The number of rotatable bonds is 2. The first kappa shape index (κ1) is 15.9. The van der Waals surface area contributed by atoms with Crippen LogP contribution in [0.25, 0.3) is 0 Å². The van der Waals surface area contributed by atoms with Crippen LogP contribution in [-0.4, -0.2) is 46.3 Å². The Morgan fingerprint density at radius 2 is 1.90 bits per heavy atom. The highest BCUT2D eigenvalue weighted by atomic mass is 35.5. The Morgan fingerprint density at radius 1 is 1.29 bits per heavy atom. The molecule has 0 radical (unpaired) electrons. The van der Waals surface area contributed by atoms with Crippen molar-refractivity contribution in [3.63, 3.8) is 0 Å². The van der Waals surface area contributed by atoms with Crippen LogP contribution in [0.5, 0.6) is 0 Å². The third kappa shape index (κ3) is 3.78. The van der Waals surface area contributed by atoms with Crippen molar-refractivity contribution in [2.75, 3.05) is 18.4 Å². The van der Waals surface area contributed by atoms with E-state index in [9.17, 15) is 14.7 Å². The number of carbonyl (C=O) groups is 2. The molecule has 21 heavy (non-hydrogen) atoms. The third-order valence-corrected chi connectivity index (χ3v) is 3.80. The van der Waals surface area contributed by atoms with E-state index < -0.39 is 18.1 Å². The van der Waals surface area contributed by atoms with E-state index >= 15 is 0 Å². The van der Waals surface area contributed by atoms with Crippen LogP contribution in [0.15, 0.2) is 12.1 Å². The summed E-state index contributed by atoms with van der Waals surface area (Å²) in [6, 6.07) is 2.01. The molecule has 6 nitrogen and oxygen atoms in total. The number of β-amino-alcohol motifs (C(OH)–C–C–N with tert-alkyl or cyclic N) is 1. The first-order valence-corrected chi connectivity index (χ1v) is 7.10. The number of hydrogen-bond donors (Lipinski definition) is 3. The molecule has 3 N–H and O–H groups in total. The van der Waals surface area contributed by atoms with E-state index in [-0.39, 0.29) is 27.8 Å². The maximum atomic E-state index is 12.1. The molecule has 0 aliphatic carbocycles. The summed E-state index contributed by atoms with van der Waals surface area (Å²) in [5.41, 5.74) is 0.102. The molecule has 8 heteroatoms. The van der Waals surface area contributed by atoms with Crippen molar-refractivity contribution in [3.05, 3.63) is 27.7 Å². The molecule has 1 aliphatic rings. The molecule has 1 aliphatic heterocycles. The Bertz CT molecular complexity index is 556. The van der Waals surface area contributed by atoms with Crippen LogP contribution in [0.1, 0.15) is 23.2 Å². The molecule has 1 atom stereocenters. The second-order valence-electron chi connectivity index (χ2n) is 4.79. The number of urea groups is 1. The average Bonchev–Trinajstić information content (AvgIpc) is 2.42. The number of nitrogens with zero attached hydrogens (tertiary/aromatic N) is 1. The van der Waals surface area contributed by atoms with Gasteiger partial charge in [-0.2, -0.15) is 0 Å². The minimum atomic E-state index is -1.16. The number of piperidine rings is 1. The van der Waals surface area contributed by atoms with Crippen LogP contribution < -0.4 is 5.32 Å². The van der Waals surface area contributed by atoms with Crippen molar-refractivity contribution in [1.82, 2.24) is 4.90 Å². The number of nitrogens with one attached hydrogen (secondary N) is 1. The monoisotopic (exact) mass is 332 g/mol. The van der Waals surface area contributed by atoms with Gasteiger partial charge >= 0.3 is 12.0 Å². The van der Waals surface area contributed by atoms with E-state index in [1.165, 1.54) is 17.0 Å². The number of hydrogen-bond acceptors (Lipinski definition) is 3. The summed E-state index contributed by atoms with van der Waals surface area (Å²) in [6.45, 7) is 0.777. The van der Waals surface area contributed by atoms with Gasteiger partial charge in [-0.3, -0.25) is 0 Å². The van der Waals surface area contributed by atoms with Gasteiger partial charge in [-0.05, 0) is 25.0 Å². The molecule has 0 saturated carbocycles. The number of anilines is 1. The molecule has 1 saturated heterocycles. The van der Waals surface area contributed by atoms with Crippen LogP contribution in [0.3, 0.4) is 0 Å². The molecule has 0 spiro atoms. The molecule has 2 amide bonds. The number of likely N-dealkylation sites (tertiary alicyclic amines) is 1. The SMILES string of the molecule is O=C(O)c1cc(Cl)c(NC(=O)N2CCCC(O)C2)c(Cl)c1. The molecule has 1 aromatic rings. The zero-order valence-corrected chi connectivity index (χ0v) is 12.5. The fourth-order valence-electron chi connectivity index (χ4n) is 2.14. The lowest BCUT2D eigenvalue weighted by Crippen LogP contribution is -2.44. The third-order valence-electron chi connectivity index (χ3n) is 3.20. The Labute approximate surface area is 131 Å². The molecule has 1 fully saturated rings. The number of carbonyl (C=O) groups excluding carboxylic acids is 1. The van der Waals surface area contributed by atoms with Gasteiger partial charge in [0.05, 0.1) is 27.4 Å². The van der Waals surface area contributed by atoms with Crippen LogP contribution >= 0.6 is 23.2 Å². The second-order valence-corrected chi connectivity index (χ2v) is 5.61. The number of amides is 2. The van der Waals surface area contributed by atoms with E-state index in [1.54, 1.807) is 0 Å². The average molecular weight is 333 g/mol. The zero-order chi connectivity index (χ0) is 15.6. The number of aliphatic hydroxyl groups excluding tert-OH is 1. The summed E-state index contributed by atoms with van der Waals surface area (Å²) >= 11 is 11.9. The number of aromatic carboxylic acids is 1. The fourth-order valence-corrected chi connectivity index (χ4v) is 2.72. The minimum Gasteiger partial charge on any atom is -0.478 e. The highest BCUT2D eigenvalue weighted by Crippen LogP contribution is 2.32. The molecular weight excluding hydrogens is 319 g/mol. The molecule has 0 bridgehead atoms. The smallest absolute Gasteiger partial charge is 0.335 e. The Balaban J connectivity index is 2.15. The van der Waals surface area contributed by atoms with E-state index in [4.69, 9.17) is 28.3 Å². The molecule has 1 aromatic carbocycles. The summed E-state index contributed by atoms with van der Waals surface area (Å²) in [5.74, 6) is -1.16. The summed E-state index contributed by atoms with van der Waals surface area (Å²) in [7, 11) is 0. The largest absolute Gasteiger partial charge is 0.478 e. The quantitative estimate of drug-likeness (QED) is 0.776. The number of halogens is 2. The fraction of sp³-hybridized carbons (Fsp3) is 0.385. The summed E-state index contributed by atoms with van der Waals surface area (Å²) < 4.78 is 0. The van der Waals surface area contributed by atoms with Gasteiger partial charge in [0, 0.05) is 13.1 Å². The molecule has 0 aromatic heterocycles. The minimum absolute atomic E-state index is 0.0470. The summed E-state index contributed by atoms with van der Waals surface area (Å²) in [5, 5.41) is 21.1. The standard InChI is InChI=1S/C13H14Cl2N2O4/c14-9-4-7(12(19)20)5-10(15)11(9)16-13(21)17-3-1-2-8(18)6-17/h4-5,8,18H,1-3,6H2,(H,16,21)(H,19,20). The van der Waals surface area contributed by atoms with Crippen LogP contribution in [0, 0.1) is 0 Å². The van der Waals surface area contributed by atoms with E-state index in [0.29, 0.717) is 19.4 Å². The number of benzene rings is 1. The van der Waals surface area contributed by atoms with Crippen molar-refractivity contribution in [3.8, 4) is 0 Å².